The molecule has 0 unspecified atom stereocenters. The van der Waals surface area contributed by atoms with Gasteiger partial charge in [-0.05, 0) is 18.2 Å². The second-order valence-corrected chi connectivity index (χ2v) is 5.10. The SMILES string of the molecule is CCc1oc2ccccc2c1CN(C)c1ccc(C#N)nn1. The van der Waals surface area contributed by atoms with Crippen LogP contribution in [0.1, 0.15) is 23.9 Å². The number of fused-ring (bicyclic) bond motifs is 1. The van der Waals surface area contributed by atoms with Gasteiger partial charge in [-0.25, -0.2) is 0 Å². The molecule has 0 aliphatic heterocycles. The molecule has 22 heavy (non-hydrogen) atoms. The monoisotopic (exact) mass is 292 g/mol. The van der Waals surface area contributed by atoms with Crippen molar-refractivity contribution in [2.24, 2.45) is 0 Å². The minimum atomic E-state index is 0.320. The summed E-state index contributed by atoms with van der Waals surface area (Å²) in [6.07, 6.45) is 0.844. The molecule has 5 nitrogen and oxygen atoms in total. The molecule has 0 saturated heterocycles. The molecule has 0 aliphatic carbocycles. The number of hydrogen-bond acceptors (Lipinski definition) is 5. The number of aryl methyl sites for hydroxylation is 1. The first kappa shape index (κ1) is 14.1. The third-order valence-corrected chi connectivity index (χ3v) is 3.65. The number of furan rings is 1. The number of nitriles is 1. The summed E-state index contributed by atoms with van der Waals surface area (Å²) in [4.78, 5) is 2.00. The lowest BCUT2D eigenvalue weighted by molar-refractivity contribution is 0.549. The van der Waals surface area contributed by atoms with Crippen LogP contribution in [0.3, 0.4) is 0 Å². The Kier molecular flexibility index (Phi) is 3.75. The lowest BCUT2D eigenvalue weighted by atomic mass is 10.1. The summed E-state index contributed by atoms with van der Waals surface area (Å²) >= 11 is 0. The Morgan fingerprint density at radius 1 is 1.18 bits per heavy atom. The van der Waals surface area contributed by atoms with Crippen LogP contribution in [0, 0.1) is 11.3 Å². The molecule has 0 spiro atoms. The number of benzene rings is 1. The van der Waals surface area contributed by atoms with Gasteiger partial charge in [-0.2, -0.15) is 5.26 Å². The number of nitrogens with zero attached hydrogens (tertiary/aromatic N) is 4. The topological polar surface area (TPSA) is 66.0 Å². The zero-order chi connectivity index (χ0) is 15.5. The number of para-hydroxylation sites is 1. The molecule has 0 N–H and O–H groups in total. The van der Waals surface area contributed by atoms with Gasteiger partial charge in [0.25, 0.3) is 0 Å². The Bertz CT molecular complexity index is 830. The maximum absolute atomic E-state index is 8.78. The molecular weight excluding hydrogens is 276 g/mol. The van der Waals surface area contributed by atoms with Crippen LogP contribution in [0.15, 0.2) is 40.8 Å². The zero-order valence-electron chi connectivity index (χ0n) is 12.6. The first-order valence-electron chi connectivity index (χ1n) is 7.17. The molecule has 0 atom stereocenters. The molecule has 0 radical (unpaired) electrons. The quantitative estimate of drug-likeness (QED) is 0.738. The molecule has 3 aromatic rings. The third kappa shape index (κ3) is 2.51. The van der Waals surface area contributed by atoms with Crippen molar-refractivity contribution in [1.29, 1.82) is 5.26 Å². The van der Waals surface area contributed by atoms with Gasteiger partial charge in [0.2, 0.25) is 0 Å². The Labute approximate surface area is 128 Å². The summed E-state index contributed by atoms with van der Waals surface area (Å²) in [6, 6.07) is 13.5. The molecule has 110 valence electrons. The fourth-order valence-electron chi connectivity index (χ4n) is 2.52. The minimum absolute atomic E-state index is 0.320. The summed E-state index contributed by atoms with van der Waals surface area (Å²) < 4.78 is 5.92. The van der Waals surface area contributed by atoms with Crippen molar-refractivity contribution in [2.45, 2.75) is 19.9 Å². The van der Waals surface area contributed by atoms with Crippen LogP contribution in [0.4, 0.5) is 5.82 Å². The third-order valence-electron chi connectivity index (χ3n) is 3.65. The molecule has 0 aliphatic rings. The van der Waals surface area contributed by atoms with Gasteiger partial charge >= 0.3 is 0 Å². The fourth-order valence-corrected chi connectivity index (χ4v) is 2.52. The Morgan fingerprint density at radius 2 is 2.00 bits per heavy atom. The van der Waals surface area contributed by atoms with E-state index in [0.29, 0.717) is 12.2 Å². The standard InChI is InChI=1S/C17H16N4O/c1-3-15-14(13-6-4-5-7-16(13)22-15)11-21(2)17-9-8-12(10-18)19-20-17/h4-9H,3,11H2,1-2H3. The lowest BCUT2D eigenvalue weighted by Gasteiger charge is -2.17. The summed E-state index contributed by atoms with van der Waals surface area (Å²) in [7, 11) is 1.96. The van der Waals surface area contributed by atoms with Crippen LogP contribution in [0.2, 0.25) is 0 Å². The van der Waals surface area contributed by atoms with Crippen LogP contribution >= 0.6 is 0 Å². The van der Waals surface area contributed by atoms with Crippen molar-refractivity contribution >= 4 is 16.8 Å². The van der Waals surface area contributed by atoms with Gasteiger partial charge < -0.3 is 9.32 Å². The van der Waals surface area contributed by atoms with Gasteiger partial charge in [-0.3, -0.25) is 0 Å². The van der Waals surface area contributed by atoms with E-state index in [9.17, 15) is 0 Å². The molecule has 0 amide bonds. The Hall–Kier alpha value is -2.87. The van der Waals surface area contributed by atoms with Crippen LogP contribution in [0.25, 0.3) is 11.0 Å². The van der Waals surface area contributed by atoms with Crippen LogP contribution < -0.4 is 4.90 Å². The molecule has 2 heterocycles. The molecule has 2 aromatic heterocycles. The predicted molar refractivity (Wildman–Crippen MR) is 84.4 cm³/mol. The second kappa shape index (κ2) is 5.86. The minimum Gasteiger partial charge on any atom is -0.461 e. The average Bonchev–Trinajstić information content (AvgIpc) is 2.93. The van der Waals surface area contributed by atoms with Crippen molar-refractivity contribution in [3.8, 4) is 6.07 Å². The average molecular weight is 292 g/mol. The summed E-state index contributed by atoms with van der Waals surface area (Å²) in [6.45, 7) is 2.77. The van der Waals surface area contributed by atoms with Gasteiger partial charge in [0.05, 0.1) is 0 Å². The summed E-state index contributed by atoms with van der Waals surface area (Å²) in [5, 5.41) is 17.9. The summed E-state index contributed by atoms with van der Waals surface area (Å²) in [5.41, 5.74) is 2.40. The van der Waals surface area contributed by atoms with E-state index in [2.05, 4.69) is 23.2 Å². The van der Waals surface area contributed by atoms with Crippen molar-refractivity contribution in [3.05, 3.63) is 53.4 Å². The highest BCUT2D eigenvalue weighted by molar-refractivity contribution is 5.82. The first-order chi connectivity index (χ1) is 10.7. The first-order valence-corrected chi connectivity index (χ1v) is 7.17. The second-order valence-electron chi connectivity index (χ2n) is 5.10. The van der Waals surface area contributed by atoms with Gasteiger partial charge in [0, 0.05) is 31.0 Å². The molecular formula is C17H16N4O. The van der Waals surface area contributed by atoms with E-state index in [4.69, 9.17) is 9.68 Å². The van der Waals surface area contributed by atoms with E-state index >= 15 is 0 Å². The van der Waals surface area contributed by atoms with Gasteiger partial charge in [0.15, 0.2) is 11.5 Å². The van der Waals surface area contributed by atoms with E-state index in [1.54, 1.807) is 12.1 Å². The number of hydrogen-bond donors (Lipinski definition) is 0. The van der Waals surface area contributed by atoms with Crippen molar-refractivity contribution in [3.63, 3.8) is 0 Å². The van der Waals surface area contributed by atoms with Crippen molar-refractivity contribution in [1.82, 2.24) is 10.2 Å². The zero-order valence-corrected chi connectivity index (χ0v) is 12.6. The molecule has 0 bridgehead atoms. The lowest BCUT2D eigenvalue weighted by Crippen LogP contribution is -2.18. The van der Waals surface area contributed by atoms with Crippen molar-refractivity contribution in [2.75, 3.05) is 11.9 Å². The number of rotatable bonds is 4. The maximum Gasteiger partial charge on any atom is 0.163 e. The molecule has 5 heteroatoms. The van der Waals surface area contributed by atoms with Crippen LogP contribution in [-0.4, -0.2) is 17.2 Å². The van der Waals surface area contributed by atoms with E-state index in [-0.39, 0.29) is 0 Å². The normalized spacial score (nSPS) is 10.6. The maximum atomic E-state index is 8.78. The highest BCUT2D eigenvalue weighted by atomic mass is 16.3. The fraction of sp³-hybridized carbons (Fsp3) is 0.235. The van der Waals surface area contributed by atoms with Gasteiger partial charge in [-0.15, -0.1) is 10.2 Å². The Morgan fingerprint density at radius 3 is 2.68 bits per heavy atom. The van der Waals surface area contributed by atoms with Crippen LogP contribution in [0.5, 0.6) is 0 Å². The van der Waals surface area contributed by atoms with E-state index < -0.39 is 0 Å². The van der Waals surface area contributed by atoms with Crippen molar-refractivity contribution < 1.29 is 4.42 Å². The number of aromatic nitrogens is 2. The number of anilines is 1. The smallest absolute Gasteiger partial charge is 0.163 e. The molecule has 0 saturated carbocycles. The molecule has 0 fully saturated rings. The Balaban J connectivity index is 1.93. The van der Waals surface area contributed by atoms with E-state index in [0.717, 1.165) is 29.0 Å². The largest absolute Gasteiger partial charge is 0.461 e. The van der Waals surface area contributed by atoms with Crippen LogP contribution in [-0.2, 0) is 13.0 Å². The van der Waals surface area contributed by atoms with E-state index in [1.807, 2.05) is 36.2 Å². The molecule has 1 aromatic carbocycles. The van der Waals surface area contributed by atoms with Gasteiger partial charge in [0.1, 0.15) is 17.4 Å². The highest BCUT2D eigenvalue weighted by Crippen LogP contribution is 2.28. The van der Waals surface area contributed by atoms with Gasteiger partial charge in [-0.1, -0.05) is 25.1 Å². The predicted octanol–water partition coefficient (Wildman–Crippen LogP) is 3.29. The highest BCUT2D eigenvalue weighted by Gasteiger charge is 2.15. The van der Waals surface area contributed by atoms with E-state index in [1.165, 1.54) is 5.56 Å². The molecule has 3 rings (SSSR count). The summed E-state index contributed by atoms with van der Waals surface area (Å²) in [5.74, 6) is 1.72.